The van der Waals surface area contributed by atoms with Crippen LogP contribution in [-0.2, 0) is 0 Å². The van der Waals surface area contributed by atoms with Gasteiger partial charge in [0, 0.05) is 18.2 Å². The molecule has 0 aliphatic rings. The van der Waals surface area contributed by atoms with E-state index in [2.05, 4.69) is 10.9 Å². The van der Waals surface area contributed by atoms with Crippen LogP contribution in [0.15, 0.2) is 36.4 Å². The number of anilines is 2. The van der Waals surface area contributed by atoms with Crippen LogP contribution in [0.4, 0.5) is 28.4 Å². The normalized spacial score (nSPS) is 9.72. The van der Waals surface area contributed by atoms with E-state index in [-0.39, 0.29) is 22.6 Å². The number of rotatable bonds is 6. The summed E-state index contributed by atoms with van der Waals surface area (Å²) in [5.74, 6) is 0. The average Bonchev–Trinajstić information content (AvgIpc) is 2.59. The molecule has 0 saturated carbocycles. The maximum atomic E-state index is 11.0. The quantitative estimate of drug-likeness (QED) is 0.588. The minimum atomic E-state index is -0.807. The minimum Gasteiger partial charge on any atom is -0.299 e. The van der Waals surface area contributed by atoms with Crippen LogP contribution in [0.25, 0.3) is 0 Å². The smallest absolute Gasteiger partial charge is 0.299 e. The first-order chi connectivity index (χ1) is 11.8. The van der Waals surface area contributed by atoms with Crippen molar-refractivity contribution in [1.82, 2.24) is 0 Å². The second-order valence-corrected chi connectivity index (χ2v) is 4.56. The van der Waals surface area contributed by atoms with E-state index in [0.29, 0.717) is 0 Å². The van der Waals surface area contributed by atoms with Gasteiger partial charge in [0.1, 0.15) is 11.8 Å². The maximum absolute atomic E-state index is 11.0. The van der Waals surface area contributed by atoms with Crippen LogP contribution in [0.3, 0.4) is 0 Å². The molecule has 0 heterocycles. The Labute approximate surface area is 138 Å². The van der Waals surface area contributed by atoms with Crippen molar-refractivity contribution in [2.45, 2.75) is 0 Å². The van der Waals surface area contributed by atoms with E-state index in [1.54, 1.807) is 6.07 Å². The summed E-state index contributed by atoms with van der Waals surface area (Å²) in [7, 11) is 0. The second-order valence-electron chi connectivity index (χ2n) is 4.56. The fraction of sp³-hybridized carbons (Fsp3) is 0. The molecule has 2 N–H and O–H groups in total. The van der Waals surface area contributed by atoms with Crippen LogP contribution in [0.1, 0.15) is 5.56 Å². The van der Waals surface area contributed by atoms with Gasteiger partial charge in [-0.3, -0.25) is 41.2 Å². The lowest BCUT2D eigenvalue weighted by Crippen LogP contribution is -2.11. The summed E-state index contributed by atoms with van der Waals surface area (Å²) in [6.45, 7) is 0. The molecule has 0 unspecified atom stereocenters. The number of hydrogen-bond acceptors (Lipinski definition) is 9. The molecular formula is C13H8N6O6. The summed E-state index contributed by atoms with van der Waals surface area (Å²) in [6.07, 6.45) is 0. The molecule has 12 nitrogen and oxygen atoms in total. The summed E-state index contributed by atoms with van der Waals surface area (Å²) in [4.78, 5) is 30.2. The first-order valence-corrected chi connectivity index (χ1v) is 6.47. The van der Waals surface area contributed by atoms with Crippen LogP contribution >= 0.6 is 0 Å². The largest absolute Gasteiger partial charge is 0.300 e. The molecule has 0 bridgehead atoms. The van der Waals surface area contributed by atoms with E-state index in [1.165, 1.54) is 6.07 Å². The van der Waals surface area contributed by atoms with Crippen LogP contribution < -0.4 is 10.9 Å². The second kappa shape index (κ2) is 6.87. The fourth-order valence-corrected chi connectivity index (χ4v) is 1.87. The Bertz CT molecular complexity index is 922. The first-order valence-electron chi connectivity index (χ1n) is 6.47. The molecule has 2 aromatic rings. The van der Waals surface area contributed by atoms with Gasteiger partial charge in [-0.25, -0.2) is 0 Å². The molecule has 0 aromatic heterocycles. The van der Waals surface area contributed by atoms with Crippen LogP contribution in [0.5, 0.6) is 0 Å². The van der Waals surface area contributed by atoms with E-state index in [0.717, 1.165) is 30.3 Å². The molecular weight excluding hydrogens is 336 g/mol. The van der Waals surface area contributed by atoms with Crippen LogP contribution in [0, 0.1) is 41.7 Å². The molecule has 2 rings (SSSR count). The van der Waals surface area contributed by atoms with Gasteiger partial charge in [0.25, 0.3) is 11.4 Å². The Kier molecular flexibility index (Phi) is 4.70. The SMILES string of the molecule is N#Cc1cc([N+](=O)[O-])ccc1NNc1ccc([N+](=O)[O-])cc1[N+](=O)[O-]. The molecule has 12 heteroatoms. The molecule has 0 amide bonds. The van der Waals surface area contributed by atoms with Gasteiger partial charge in [-0.05, 0) is 12.1 Å². The van der Waals surface area contributed by atoms with Gasteiger partial charge in [0.15, 0.2) is 0 Å². The van der Waals surface area contributed by atoms with Gasteiger partial charge in [0.05, 0.1) is 32.1 Å². The number of hydrogen-bond donors (Lipinski definition) is 2. The highest BCUT2D eigenvalue weighted by Crippen LogP contribution is 2.29. The summed E-state index contributed by atoms with van der Waals surface area (Å²) in [5.41, 5.74) is 3.68. The molecule has 0 atom stereocenters. The monoisotopic (exact) mass is 344 g/mol. The fourth-order valence-electron chi connectivity index (χ4n) is 1.87. The predicted octanol–water partition coefficient (Wildman–Crippen LogP) is 2.72. The molecule has 0 radical (unpaired) electrons. The number of nitrogens with one attached hydrogen (secondary N) is 2. The Balaban J connectivity index is 2.30. The van der Waals surface area contributed by atoms with E-state index in [4.69, 9.17) is 5.26 Å². The topological polar surface area (TPSA) is 177 Å². The average molecular weight is 344 g/mol. The lowest BCUT2D eigenvalue weighted by molar-refractivity contribution is -0.393. The molecule has 0 fully saturated rings. The Morgan fingerprint density at radius 1 is 0.800 bits per heavy atom. The van der Waals surface area contributed by atoms with Crippen molar-refractivity contribution < 1.29 is 14.8 Å². The number of nitro groups is 3. The zero-order valence-electron chi connectivity index (χ0n) is 12.2. The maximum Gasteiger partial charge on any atom is 0.300 e. The Morgan fingerprint density at radius 3 is 1.84 bits per heavy atom. The third-order valence-electron chi connectivity index (χ3n) is 3.06. The van der Waals surface area contributed by atoms with Gasteiger partial charge < -0.3 is 0 Å². The molecule has 0 aliphatic carbocycles. The third-order valence-corrected chi connectivity index (χ3v) is 3.06. The zero-order valence-corrected chi connectivity index (χ0v) is 12.2. The Hall–Kier alpha value is -4.27. The lowest BCUT2D eigenvalue weighted by Gasteiger charge is -2.11. The lowest BCUT2D eigenvalue weighted by atomic mass is 10.2. The Morgan fingerprint density at radius 2 is 1.32 bits per heavy atom. The number of nitro benzene ring substituents is 3. The van der Waals surface area contributed by atoms with Crippen molar-refractivity contribution in [3.8, 4) is 6.07 Å². The van der Waals surface area contributed by atoms with Crippen LogP contribution in [-0.4, -0.2) is 14.8 Å². The summed E-state index contributed by atoms with van der Waals surface area (Å²) < 4.78 is 0. The van der Waals surface area contributed by atoms with Gasteiger partial charge in [0.2, 0.25) is 0 Å². The van der Waals surface area contributed by atoms with Crippen molar-refractivity contribution in [2.75, 3.05) is 10.9 Å². The van der Waals surface area contributed by atoms with Crippen molar-refractivity contribution in [3.63, 3.8) is 0 Å². The molecule has 126 valence electrons. The number of nitrogens with zero attached hydrogens (tertiary/aromatic N) is 4. The predicted molar refractivity (Wildman–Crippen MR) is 84.8 cm³/mol. The van der Waals surface area contributed by atoms with E-state index >= 15 is 0 Å². The number of non-ortho nitro benzene ring substituents is 2. The standard InChI is InChI=1S/C13H8N6O6/c14-7-8-5-9(17(20)21)1-3-11(8)15-16-12-4-2-10(18(22)23)6-13(12)19(24)25/h1-6,15-16H. The molecule has 0 spiro atoms. The third kappa shape index (κ3) is 3.74. The molecule has 2 aromatic carbocycles. The van der Waals surface area contributed by atoms with E-state index in [9.17, 15) is 30.3 Å². The van der Waals surface area contributed by atoms with Crippen molar-refractivity contribution >= 4 is 28.4 Å². The molecule has 25 heavy (non-hydrogen) atoms. The minimum absolute atomic E-state index is 0.0636. The number of benzene rings is 2. The van der Waals surface area contributed by atoms with Gasteiger partial charge >= 0.3 is 5.69 Å². The van der Waals surface area contributed by atoms with Crippen molar-refractivity contribution in [2.24, 2.45) is 0 Å². The number of hydrazine groups is 1. The highest BCUT2D eigenvalue weighted by Gasteiger charge is 2.19. The van der Waals surface area contributed by atoms with Crippen molar-refractivity contribution in [3.05, 3.63) is 72.3 Å². The highest BCUT2D eigenvalue weighted by atomic mass is 16.6. The first kappa shape index (κ1) is 17.1. The zero-order chi connectivity index (χ0) is 18.6. The summed E-state index contributed by atoms with van der Waals surface area (Å²) in [5, 5.41) is 41.5. The van der Waals surface area contributed by atoms with Crippen LogP contribution in [0.2, 0.25) is 0 Å². The molecule has 0 saturated heterocycles. The van der Waals surface area contributed by atoms with Gasteiger partial charge in [-0.1, -0.05) is 0 Å². The summed E-state index contributed by atoms with van der Waals surface area (Å²) in [6, 6.07) is 8.17. The molecule has 0 aliphatic heterocycles. The van der Waals surface area contributed by atoms with Crippen molar-refractivity contribution in [1.29, 1.82) is 5.26 Å². The number of nitriles is 1. The van der Waals surface area contributed by atoms with Gasteiger partial charge in [-0.15, -0.1) is 0 Å². The van der Waals surface area contributed by atoms with E-state index in [1.807, 2.05) is 0 Å². The van der Waals surface area contributed by atoms with E-state index < -0.39 is 26.1 Å². The van der Waals surface area contributed by atoms with Gasteiger partial charge in [-0.2, -0.15) is 5.26 Å². The summed E-state index contributed by atoms with van der Waals surface area (Å²) >= 11 is 0. The highest BCUT2D eigenvalue weighted by molar-refractivity contribution is 5.69.